The van der Waals surface area contributed by atoms with Crippen LogP contribution in [0.25, 0.3) is 5.65 Å². The van der Waals surface area contributed by atoms with Gasteiger partial charge in [-0.25, -0.2) is 9.50 Å². The van der Waals surface area contributed by atoms with Crippen LogP contribution in [0.5, 0.6) is 0 Å². The summed E-state index contributed by atoms with van der Waals surface area (Å²) in [6.45, 7) is 5.28. The van der Waals surface area contributed by atoms with Gasteiger partial charge in [0.15, 0.2) is 5.65 Å². The second-order valence-corrected chi connectivity index (χ2v) is 5.96. The Bertz CT molecular complexity index is 682. The van der Waals surface area contributed by atoms with Crippen molar-refractivity contribution in [1.29, 1.82) is 0 Å². The summed E-state index contributed by atoms with van der Waals surface area (Å²) in [6.07, 6.45) is 4.10. The quantitative estimate of drug-likeness (QED) is 0.829. The predicted molar refractivity (Wildman–Crippen MR) is 79.2 cm³/mol. The number of hydrogen-bond acceptors (Lipinski definition) is 4. The summed E-state index contributed by atoms with van der Waals surface area (Å²) < 4.78 is 1.83. The molecule has 2 aromatic rings. The second-order valence-electron chi connectivity index (χ2n) is 5.96. The van der Waals surface area contributed by atoms with Crippen molar-refractivity contribution in [2.45, 2.75) is 19.8 Å². The van der Waals surface area contributed by atoms with Gasteiger partial charge in [-0.1, -0.05) is 0 Å². The molecule has 0 spiro atoms. The fourth-order valence-corrected chi connectivity index (χ4v) is 2.90. The molecule has 0 unspecified atom stereocenters. The number of imidazole rings is 1. The molecule has 0 radical (unpaired) electrons. The average Bonchev–Trinajstić information content (AvgIpc) is 3.27. The Labute approximate surface area is 123 Å². The summed E-state index contributed by atoms with van der Waals surface area (Å²) in [6, 6.07) is 4.01. The Morgan fingerprint density at radius 3 is 2.67 bits per heavy atom. The molecule has 0 atom stereocenters. The third kappa shape index (κ3) is 2.34. The third-order valence-electron chi connectivity index (χ3n) is 4.27. The molecule has 1 amide bonds. The number of amides is 1. The maximum atomic E-state index is 12.1. The van der Waals surface area contributed by atoms with Gasteiger partial charge < -0.3 is 9.80 Å². The van der Waals surface area contributed by atoms with Gasteiger partial charge in [0.25, 0.3) is 0 Å². The van der Waals surface area contributed by atoms with Crippen molar-refractivity contribution in [3.05, 3.63) is 24.0 Å². The van der Waals surface area contributed by atoms with Crippen molar-refractivity contribution < 1.29 is 4.79 Å². The monoisotopic (exact) mass is 285 g/mol. The van der Waals surface area contributed by atoms with Crippen molar-refractivity contribution in [3.8, 4) is 0 Å². The Kier molecular flexibility index (Phi) is 2.83. The van der Waals surface area contributed by atoms with Crippen LogP contribution in [-0.4, -0.2) is 51.6 Å². The Balaban J connectivity index is 1.47. The topological polar surface area (TPSA) is 53.7 Å². The molecule has 2 aliphatic rings. The molecule has 1 aliphatic heterocycles. The molecule has 3 heterocycles. The molecular formula is C15H19N5O. The van der Waals surface area contributed by atoms with Gasteiger partial charge in [-0.2, -0.15) is 0 Å². The first-order chi connectivity index (χ1) is 10.2. The molecular weight excluding hydrogens is 266 g/mol. The molecule has 4 rings (SSSR count). The van der Waals surface area contributed by atoms with E-state index in [1.807, 2.05) is 34.7 Å². The largest absolute Gasteiger partial charge is 0.352 e. The number of aryl methyl sites for hydroxylation is 1. The van der Waals surface area contributed by atoms with E-state index < -0.39 is 0 Å². The van der Waals surface area contributed by atoms with Gasteiger partial charge in [0, 0.05) is 32.1 Å². The second kappa shape index (κ2) is 4.72. The number of hydrogen-bond donors (Lipinski definition) is 0. The Hall–Kier alpha value is -2.11. The number of nitrogens with zero attached hydrogens (tertiary/aromatic N) is 5. The number of piperazine rings is 1. The molecule has 0 bridgehead atoms. The summed E-state index contributed by atoms with van der Waals surface area (Å²) in [7, 11) is 0. The van der Waals surface area contributed by atoms with Gasteiger partial charge >= 0.3 is 0 Å². The molecule has 1 aliphatic carbocycles. The number of carbonyl (C=O) groups is 1. The average molecular weight is 285 g/mol. The van der Waals surface area contributed by atoms with Gasteiger partial charge in [0.05, 0.1) is 11.9 Å². The highest BCUT2D eigenvalue weighted by molar-refractivity contribution is 5.81. The van der Waals surface area contributed by atoms with Gasteiger partial charge in [-0.15, -0.1) is 5.10 Å². The fraction of sp³-hybridized carbons (Fsp3) is 0.533. The predicted octanol–water partition coefficient (Wildman–Crippen LogP) is 1.10. The maximum Gasteiger partial charge on any atom is 0.225 e. The lowest BCUT2D eigenvalue weighted by atomic mass is 10.2. The molecule has 0 aromatic carbocycles. The summed E-state index contributed by atoms with van der Waals surface area (Å²) in [4.78, 5) is 20.7. The lowest BCUT2D eigenvalue weighted by Crippen LogP contribution is -2.49. The lowest BCUT2D eigenvalue weighted by molar-refractivity contribution is -0.132. The van der Waals surface area contributed by atoms with E-state index in [-0.39, 0.29) is 0 Å². The smallest absolute Gasteiger partial charge is 0.225 e. The van der Waals surface area contributed by atoms with Crippen LogP contribution in [0.3, 0.4) is 0 Å². The van der Waals surface area contributed by atoms with Gasteiger partial charge in [0.2, 0.25) is 5.91 Å². The van der Waals surface area contributed by atoms with Crippen molar-refractivity contribution in [3.63, 3.8) is 0 Å². The van der Waals surface area contributed by atoms with Crippen molar-refractivity contribution in [2.75, 3.05) is 31.1 Å². The molecule has 1 saturated carbocycles. The highest BCUT2D eigenvalue weighted by Gasteiger charge is 2.34. The zero-order valence-electron chi connectivity index (χ0n) is 12.2. The Morgan fingerprint density at radius 1 is 1.19 bits per heavy atom. The van der Waals surface area contributed by atoms with E-state index in [2.05, 4.69) is 15.0 Å². The number of anilines is 1. The lowest BCUT2D eigenvalue weighted by Gasteiger charge is -2.35. The van der Waals surface area contributed by atoms with Gasteiger partial charge in [-0.05, 0) is 31.9 Å². The van der Waals surface area contributed by atoms with Crippen molar-refractivity contribution >= 4 is 17.4 Å². The van der Waals surface area contributed by atoms with E-state index in [4.69, 9.17) is 0 Å². The van der Waals surface area contributed by atoms with Crippen LogP contribution in [0.15, 0.2) is 18.3 Å². The molecule has 6 heteroatoms. The molecule has 21 heavy (non-hydrogen) atoms. The standard InChI is InChI=1S/C15H19N5O/c1-11-10-20-13(16-11)4-5-14(17-20)18-6-8-19(9-7-18)15(21)12-2-3-12/h4-5,10,12H,2-3,6-9H2,1H3. The van der Waals surface area contributed by atoms with E-state index in [1.165, 1.54) is 0 Å². The minimum absolute atomic E-state index is 0.319. The first-order valence-electron chi connectivity index (χ1n) is 7.57. The number of fused-ring (bicyclic) bond motifs is 1. The minimum atomic E-state index is 0.319. The highest BCUT2D eigenvalue weighted by Crippen LogP contribution is 2.31. The first kappa shape index (κ1) is 12.6. The normalized spacial score (nSPS) is 19.3. The van der Waals surface area contributed by atoms with Crippen LogP contribution >= 0.6 is 0 Å². The Morgan fingerprint density at radius 2 is 1.95 bits per heavy atom. The van der Waals surface area contributed by atoms with Crippen molar-refractivity contribution in [1.82, 2.24) is 19.5 Å². The summed E-state index contributed by atoms with van der Waals surface area (Å²) >= 11 is 0. The van der Waals surface area contributed by atoms with E-state index >= 15 is 0 Å². The zero-order chi connectivity index (χ0) is 14.4. The van der Waals surface area contributed by atoms with Gasteiger partial charge in [0.1, 0.15) is 5.82 Å². The van der Waals surface area contributed by atoms with E-state index in [0.29, 0.717) is 11.8 Å². The minimum Gasteiger partial charge on any atom is -0.352 e. The van der Waals surface area contributed by atoms with Crippen molar-refractivity contribution in [2.24, 2.45) is 5.92 Å². The molecule has 2 fully saturated rings. The fourth-order valence-electron chi connectivity index (χ4n) is 2.90. The van der Waals surface area contributed by atoms with Crippen LogP contribution < -0.4 is 4.90 Å². The maximum absolute atomic E-state index is 12.1. The molecule has 1 saturated heterocycles. The van der Waals surface area contributed by atoms with E-state index in [1.54, 1.807) is 0 Å². The number of carbonyl (C=O) groups excluding carboxylic acids is 1. The number of rotatable bonds is 2. The molecule has 0 N–H and O–H groups in total. The van der Waals surface area contributed by atoms with E-state index in [0.717, 1.165) is 56.2 Å². The third-order valence-corrected chi connectivity index (χ3v) is 4.27. The summed E-state index contributed by atoms with van der Waals surface area (Å²) in [5.74, 6) is 1.63. The summed E-state index contributed by atoms with van der Waals surface area (Å²) in [5, 5.41) is 4.61. The van der Waals surface area contributed by atoms with Gasteiger partial charge in [-0.3, -0.25) is 4.79 Å². The van der Waals surface area contributed by atoms with Crippen LogP contribution in [0.2, 0.25) is 0 Å². The first-order valence-corrected chi connectivity index (χ1v) is 7.57. The van der Waals surface area contributed by atoms with Crippen LogP contribution in [0, 0.1) is 12.8 Å². The van der Waals surface area contributed by atoms with Crippen LogP contribution in [-0.2, 0) is 4.79 Å². The molecule has 2 aromatic heterocycles. The zero-order valence-corrected chi connectivity index (χ0v) is 12.2. The SMILES string of the molecule is Cc1cn2nc(N3CCN(C(=O)C4CC4)CC3)ccc2n1. The molecule has 6 nitrogen and oxygen atoms in total. The van der Waals surface area contributed by atoms with Crippen LogP contribution in [0.4, 0.5) is 5.82 Å². The molecule has 110 valence electrons. The summed E-state index contributed by atoms with van der Waals surface area (Å²) in [5.41, 5.74) is 1.85. The highest BCUT2D eigenvalue weighted by atomic mass is 16.2. The van der Waals surface area contributed by atoms with E-state index in [9.17, 15) is 4.79 Å². The number of aromatic nitrogens is 3. The van der Waals surface area contributed by atoms with Crippen LogP contribution in [0.1, 0.15) is 18.5 Å².